The average molecular weight is 413 g/mol. The van der Waals surface area contributed by atoms with E-state index in [0.717, 1.165) is 36.6 Å². The molecule has 2 heterocycles. The third kappa shape index (κ3) is 2.72. The van der Waals surface area contributed by atoms with Crippen molar-refractivity contribution in [1.29, 1.82) is 0 Å². The molecule has 126 valence electrons. The molecule has 0 fully saturated rings. The summed E-state index contributed by atoms with van der Waals surface area (Å²) in [7, 11) is 0. The van der Waals surface area contributed by atoms with Crippen molar-refractivity contribution >= 4 is 48.3 Å². The number of nitrogens with two attached hydrogens (primary N) is 1. The van der Waals surface area contributed by atoms with E-state index in [1.54, 1.807) is 17.4 Å². The van der Waals surface area contributed by atoms with E-state index in [2.05, 4.69) is 63.5 Å². The molecule has 4 rings (SSSR count). The van der Waals surface area contributed by atoms with Gasteiger partial charge >= 0.3 is 0 Å². The zero-order valence-corrected chi connectivity index (χ0v) is 16.1. The van der Waals surface area contributed by atoms with Gasteiger partial charge in [0.2, 0.25) is 0 Å². The first kappa shape index (κ1) is 16.5. The highest BCUT2D eigenvalue weighted by atomic mass is 79.9. The predicted molar refractivity (Wildman–Crippen MR) is 109 cm³/mol. The number of hydrogen-bond acceptors (Lipinski definition) is 4. The van der Waals surface area contributed by atoms with Gasteiger partial charge in [-0.15, -0.1) is 11.3 Å². The normalized spacial score (nSPS) is 12.8. The lowest BCUT2D eigenvalue weighted by molar-refractivity contribution is 0.478. The molecule has 0 amide bonds. The number of pyridine rings is 1. The summed E-state index contributed by atoms with van der Waals surface area (Å²) in [5, 5.41) is 14.8. The van der Waals surface area contributed by atoms with Crippen LogP contribution in [0.5, 0.6) is 5.75 Å². The largest absolute Gasteiger partial charge is 0.507 e. The van der Waals surface area contributed by atoms with Gasteiger partial charge in [0.25, 0.3) is 0 Å². The molecule has 0 unspecified atom stereocenters. The first-order chi connectivity index (χ1) is 12.1. The summed E-state index contributed by atoms with van der Waals surface area (Å²) >= 11 is 5.19. The Bertz CT molecular complexity index is 1070. The fraction of sp³-hybridized carbons (Fsp3) is 0.150. The van der Waals surface area contributed by atoms with Crippen LogP contribution in [0.1, 0.15) is 18.4 Å². The van der Waals surface area contributed by atoms with Crippen molar-refractivity contribution in [2.45, 2.75) is 12.8 Å². The lowest BCUT2D eigenvalue weighted by atomic mass is 9.94. The van der Waals surface area contributed by atoms with E-state index >= 15 is 0 Å². The van der Waals surface area contributed by atoms with Crippen molar-refractivity contribution in [1.82, 2.24) is 4.98 Å². The molecule has 0 aliphatic rings. The second-order valence-corrected chi connectivity index (χ2v) is 7.99. The van der Waals surface area contributed by atoms with Crippen LogP contribution in [-0.2, 0) is 0 Å². The molecule has 0 aliphatic carbocycles. The summed E-state index contributed by atoms with van der Waals surface area (Å²) in [4.78, 5) is 4.60. The Labute approximate surface area is 158 Å². The number of halogens is 1. The summed E-state index contributed by atoms with van der Waals surface area (Å²) in [6.07, 6.45) is 1.89. The van der Waals surface area contributed by atoms with E-state index in [-0.39, 0.29) is 5.75 Å². The van der Waals surface area contributed by atoms with Crippen molar-refractivity contribution in [3.05, 3.63) is 58.0 Å². The minimum atomic E-state index is 0.250. The third-order valence-electron chi connectivity index (χ3n) is 4.63. The van der Waals surface area contributed by atoms with Crippen LogP contribution in [0.15, 0.2) is 52.4 Å². The number of rotatable bonds is 3. The number of nitrogens with zero attached hydrogens (tertiary/aromatic N) is 1. The molecule has 0 saturated carbocycles. The van der Waals surface area contributed by atoms with Crippen LogP contribution < -0.4 is 5.73 Å². The number of aromatic nitrogens is 1. The van der Waals surface area contributed by atoms with Gasteiger partial charge < -0.3 is 10.8 Å². The Morgan fingerprint density at radius 2 is 2.00 bits per heavy atom. The second kappa shape index (κ2) is 6.41. The SMILES string of the molecule is C[C@@H](CN)c1ccc(-c2c(O)cc(Br)c3ncc4sccc4c23)cc1. The molecule has 0 saturated heterocycles. The fourth-order valence-corrected chi connectivity index (χ4v) is 4.45. The Balaban J connectivity index is 2.02. The lowest BCUT2D eigenvalue weighted by Gasteiger charge is -2.14. The molecular weight excluding hydrogens is 396 g/mol. The van der Waals surface area contributed by atoms with Crippen LogP contribution in [0, 0.1) is 0 Å². The molecule has 2 aromatic carbocycles. The summed E-state index contributed by atoms with van der Waals surface area (Å²) in [6, 6.07) is 12.1. The maximum Gasteiger partial charge on any atom is 0.125 e. The Morgan fingerprint density at radius 3 is 2.72 bits per heavy atom. The van der Waals surface area contributed by atoms with Crippen LogP contribution >= 0.6 is 27.3 Å². The highest BCUT2D eigenvalue weighted by molar-refractivity contribution is 9.10. The van der Waals surface area contributed by atoms with Gasteiger partial charge in [-0.25, -0.2) is 0 Å². The molecule has 3 N–H and O–H groups in total. The minimum absolute atomic E-state index is 0.250. The molecule has 0 radical (unpaired) electrons. The van der Waals surface area contributed by atoms with Gasteiger partial charge in [0.05, 0.1) is 10.2 Å². The van der Waals surface area contributed by atoms with Crippen molar-refractivity contribution in [3.8, 4) is 16.9 Å². The number of thiophene rings is 1. The van der Waals surface area contributed by atoms with Crippen molar-refractivity contribution < 1.29 is 5.11 Å². The monoisotopic (exact) mass is 412 g/mol. The van der Waals surface area contributed by atoms with Crippen LogP contribution in [0.2, 0.25) is 0 Å². The number of fused-ring (bicyclic) bond motifs is 3. The zero-order valence-electron chi connectivity index (χ0n) is 13.7. The Hall–Kier alpha value is -1.95. The number of phenolic OH excluding ortho intramolecular Hbond substituents is 1. The Kier molecular flexibility index (Phi) is 4.23. The van der Waals surface area contributed by atoms with Gasteiger partial charge in [-0.3, -0.25) is 4.98 Å². The van der Waals surface area contributed by atoms with E-state index < -0.39 is 0 Å². The van der Waals surface area contributed by atoms with E-state index in [0.29, 0.717) is 12.5 Å². The molecule has 2 aromatic heterocycles. The summed E-state index contributed by atoms with van der Waals surface area (Å²) in [6.45, 7) is 2.73. The highest BCUT2D eigenvalue weighted by Crippen LogP contribution is 2.43. The number of aromatic hydroxyl groups is 1. The van der Waals surface area contributed by atoms with E-state index in [4.69, 9.17) is 5.73 Å². The predicted octanol–water partition coefficient (Wildman–Crippen LogP) is 5.65. The lowest BCUT2D eigenvalue weighted by Crippen LogP contribution is -2.08. The molecule has 0 aliphatic heterocycles. The smallest absolute Gasteiger partial charge is 0.125 e. The first-order valence-electron chi connectivity index (χ1n) is 8.08. The quantitative estimate of drug-likeness (QED) is 0.457. The standard InChI is InChI=1S/C20H17BrN2OS/c1-11(9-22)12-2-4-13(5-3-12)18-16(24)8-15(21)20-19(18)14-6-7-25-17(14)10-23-20/h2-8,10-11,24H,9,22H2,1H3/t11-/m0/s1. The van der Waals surface area contributed by atoms with Gasteiger partial charge in [0.1, 0.15) is 5.75 Å². The molecule has 1 atom stereocenters. The number of hydrogen-bond donors (Lipinski definition) is 2. The zero-order chi connectivity index (χ0) is 17.6. The maximum absolute atomic E-state index is 10.7. The van der Waals surface area contributed by atoms with Crippen molar-refractivity contribution in [2.24, 2.45) is 5.73 Å². The Morgan fingerprint density at radius 1 is 1.24 bits per heavy atom. The topological polar surface area (TPSA) is 59.1 Å². The fourth-order valence-electron chi connectivity index (χ4n) is 3.17. The van der Waals surface area contributed by atoms with Crippen LogP contribution in [-0.4, -0.2) is 16.6 Å². The van der Waals surface area contributed by atoms with Gasteiger partial charge in [0, 0.05) is 27.0 Å². The minimum Gasteiger partial charge on any atom is -0.507 e. The molecule has 5 heteroatoms. The van der Waals surface area contributed by atoms with E-state index in [9.17, 15) is 5.11 Å². The van der Waals surface area contributed by atoms with E-state index in [1.165, 1.54) is 5.56 Å². The van der Waals surface area contributed by atoms with Gasteiger partial charge in [-0.05, 0) is 57.0 Å². The number of phenols is 1. The second-order valence-electron chi connectivity index (χ2n) is 6.19. The van der Waals surface area contributed by atoms with Crippen LogP contribution in [0.3, 0.4) is 0 Å². The van der Waals surface area contributed by atoms with Crippen molar-refractivity contribution in [3.63, 3.8) is 0 Å². The first-order valence-corrected chi connectivity index (χ1v) is 9.75. The average Bonchev–Trinajstić information content (AvgIpc) is 3.10. The molecule has 0 spiro atoms. The molecule has 0 bridgehead atoms. The molecule has 25 heavy (non-hydrogen) atoms. The van der Waals surface area contributed by atoms with E-state index in [1.807, 2.05) is 6.20 Å². The third-order valence-corrected chi connectivity index (χ3v) is 6.09. The maximum atomic E-state index is 10.7. The molecular formula is C20H17BrN2OS. The summed E-state index contributed by atoms with van der Waals surface area (Å²) in [5.74, 6) is 0.564. The van der Waals surface area contributed by atoms with Gasteiger partial charge in [-0.1, -0.05) is 31.2 Å². The van der Waals surface area contributed by atoms with Gasteiger partial charge in [-0.2, -0.15) is 0 Å². The van der Waals surface area contributed by atoms with Crippen LogP contribution in [0.4, 0.5) is 0 Å². The summed E-state index contributed by atoms with van der Waals surface area (Å²) < 4.78 is 1.91. The number of benzene rings is 2. The van der Waals surface area contributed by atoms with Crippen LogP contribution in [0.25, 0.3) is 32.1 Å². The molecule has 3 nitrogen and oxygen atoms in total. The van der Waals surface area contributed by atoms with Crippen molar-refractivity contribution in [2.75, 3.05) is 6.54 Å². The molecule has 4 aromatic rings. The summed E-state index contributed by atoms with van der Waals surface area (Å²) in [5.41, 5.74) is 9.62. The highest BCUT2D eigenvalue weighted by Gasteiger charge is 2.17. The van der Waals surface area contributed by atoms with Gasteiger partial charge in [0.15, 0.2) is 0 Å².